The Morgan fingerprint density at radius 3 is 2.76 bits per heavy atom. The van der Waals surface area contributed by atoms with E-state index in [0.717, 1.165) is 40.4 Å². The molecule has 1 aromatic carbocycles. The third-order valence-electron chi connectivity index (χ3n) is 3.76. The minimum atomic E-state index is -0.256. The number of aromatic nitrogens is 3. The van der Waals surface area contributed by atoms with Crippen LogP contribution in [0.3, 0.4) is 0 Å². The molecule has 7 heteroatoms. The molecule has 0 aliphatic heterocycles. The summed E-state index contributed by atoms with van der Waals surface area (Å²) in [5.74, 6) is 0.542. The second-order valence-corrected chi connectivity index (χ2v) is 6.84. The number of methoxy groups -OCH3 is 1. The maximum absolute atomic E-state index is 12.3. The molecule has 2 N–H and O–H groups in total. The van der Waals surface area contributed by atoms with Crippen molar-refractivity contribution in [2.45, 2.75) is 26.7 Å². The molecule has 25 heavy (non-hydrogen) atoms. The molecule has 0 fully saturated rings. The van der Waals surface area contributed by atoms with Gasteiger partial charge in [-0.3, -0.25) is 15.2 Å². The lowest BCUT2D eigenvalue weighted by Crippen LogP contribution is -2.12. The SMILES string of the molecule is CCCc1cc(C(=O)Nc2nc(-c3ccc(OC)cc3)c(C)s2)n[nH]1. The third-order valence-corrected chi connectivity index (χ3v) is 4.65. The molecule has 1 amide bonds. The van der Waals surface area contributed by atoms with Crippen LogP contribution in [0.5, 0.6) is 5.75 Å². The predicted octanol–water partition coefficient (Wildman–Crippen LogP) is 4.06. The van der Waals surface area contributed by atoms with Crippen LogP contribution in [0.4, 0.5) is 5.13 Å². The Morgan fingerprint density at radius 2 is 2.08 bits per heavy atom. The van der Waals surface area contributed by atoms with Crippen molar-refractivity contribution in [1.82, 2.24) is 15.2 Å². The van der Waals surface area contributed by atoms with Crippen LogP contribution >= 0.6 is 11.3 Å². The van der Waals surface area contributed by atoms with E-state index in [0.29, 0.717) is 10.8 Å². The molecule has 0 aliphatic rings. The number of nitrogens with zero attached hydrogens (tertiary/aromatic N) is 2. The van der Waals surface area contributed by atoms with E-state index in [1.54, 1.807) is 13.2 Å². The molecular formula is C18H20N4O2S. The Labute approximate surface area is 150 Å². The number of hydrogen-bond acceptors (Lipinski definition) is 5. The van der Waals surface area contributed by atoms with Crippen molar-refractivity contribution in [3.63, 3.8) is 0 Å². The zero-order valence-electron chi connectivity index (χ0n) is 14.4. The van der Waals surface area contributed by atoms with Crippen molar-refractivity contribution < 1.29 is 9.53 Å². The van der Waals surface area contributed by atoms with Crippen LogP contribution in [0, 0.1) is 6.92 Å². The fourth-order valence-electron chi connectivity index (χ4n) is 2.50. The number of carbonyl (C=O) groups excluding carboxylic acids is 1. The van der Waals surface area contributed by atoms with Crippen LogP contribution in [-0.4, -0.2) is 28.2 Å². The summed E-state index contributed by atoms with van der Waals surface area (Å²) in [6, 6.07) is 9.48. The van der Waals surface area contributed by atoms with Crippen LogP contribution in [-0.2, 0) is 6.42 Å². The molecule has 0 unspecified atom stereocenters. The topological polar surface area (TPSA) is 79.9 Å². The average Bonchev–Trinajstić information content (AvgIpc) is 3.22. The Kier molecular flexibility index (Phi) is 5.14. The zero-order valence-corrected chi connectivity index (χ0v) is 15.2. The van der Waals surface area contributed by atoms with Gasteiger partial charge in [-0.15, -0.1) is 11.3 Å². The lowest BCUT2D eigenvalue weighted by atomic mass is 10.1. The number of carbonyl (C=O) groups is 1. The number of ether oxygens (including phenoxy) is 1. The van der Waals surface area contributed by atoms with Gasteiger partial charge >= 0.3 is 0 Å². The van der Waals surface area contributed by atoms with Crippen LogP contribution in [0.1, 0.15) is 34.4 Å². The molecule has 0 spiro atoms. The second kappa shape index (κ2) is 7.48. The van der Waals surface area contributed by atoms with E-state index >= 15 is 0 Å². The van der Waals surface area contributed by atoms with Gasteiger partial charge in [-0.1, -0.05) is 13.3 Å². The molecule has 130 valence electrons. The quantitative estimate of drug-likeness (QED) is 0.698. The summed E-state index contributed by atoms with van der Waals surface area (Å²) in [5.41, 5.74) is 3.18. The van der Waals surface area contributed by atoms with Crippen molar-refractivity contribution in [1.29, 1.82) is 0 Å². The van der Waals surface area contributed by atoms with Crippen LogP contribution in [0.15, 0.2) is 30.3 Å². The minimum absolute atomic E-state index is 0.256. The zero-order chi connectivity index (χ0) is 17.8. The molecule has 3 aromatic rings. The van der Waals surface area contributed by atoms with Gasteiger partial charge in [-0.05, 0) is 43.7 Å². The first-order chi connectivity index (χ1) is 12.1. The van der Waals surface area contributed by atoms with Gasteiger partial charge in [-0.25, -0.2) is 4.98 Å². The normalized spacial score (nSPS) is 10.7. The number of hydrogen-bond donors (Lipinski definition) is 2. The molecule has 0 saturated carbocycles. The van der Waals surface area contributed by atoms with Crippen LogP contribution in [0.25, 0.3) is 11.3 Å². The van der Waals surface area contributed by atoms with Gasteiger partial charge in [0.25, 0.3) is 5.91 Å². The molecule has 0 atom stereocenters. The maximum Gasteiger partial charge on any atom is 0.277 e. The molecule has 0 aliphatic carbocycles. The lowest BCUT2D eigenvalue weighted by molar-refractivity contribution is 0.102. The Bertz CT molecular complexity index is 868. The number of thiazole rings is 1. The number of aryl methyl sites for hydroxylation is 2. The third kappa shape index (κ3) is 3.88. The van der Waals surface area contributed by atoms with Crippen molar-refractivity contribution in [3.8, 4) is 17.0 Å². The Balaban J connectivity index is 1.75. The highest BCUT2D eigenvalue weighted by Gasteiger charge is 2.15. The van der Waals surface area contributed by atoms with Gasteiger partial charge < -0.3 is 4.74 Å². The van der Waals surface area contributed by atoms with E-state index in [1.807, 2.05) is 31.2 Å². The largest absolute Gasteiger partial charge is 0.497 e. The minimum Gasteiger partial charge on any atom is -0.497 e. The average molecular weight is 356 g/mol. The van der Waals surface area contributed by atoms with E-state index in [4.69, 9.17) is 4.74 Å². The summed E-state index contributed by atoms with van der Waals surface area (Å²) in [5, 5.41) is 10.3. The predicted molar refractivity (Wildman–Crippen MR) is 99.4 cm³/mol. The highest BCUT2D eigenvalue weighted by molar-refractivity contribution is 7.16. The summed E-state index contributed by atoms with van der Waals surface area (Å²) < 4.78 is 5.18. The first-order valence-corrected chi connectivity index (χ1v) is 8.90. The highest BCUT2D eigenvalue weighted by Crippen LogP contribution is 2.31. The van der Waals surface area contributed by atoms with E-state index in [9.17, 15) is 4.79 Å². The Hall–Kier alpha value is -2.67. The van der Waals surface area contributed by atoms with Crippen molar-refractivity contribution >= 4 is 22.4 Å². The monoisotopic (exact) mass is 356 g/mol. The number of aromatic amines is 1. The van der Waals surface area contributed by atoms with Crippen molar-refractivity contribution in [2.24, 2.45) is 0 Å². The van der Waals surface area contributed by atoms with Crippen molar-refractivity contribution in [3.05, 3.63) is 46.6 Å². The fraction of sp³-hybridized carbons (Fsp3) is 0.278. The number of benzene rings is 1. The molecule has 2 aromatic heterocycles. The molecule has 6 nitrogen and oxygen atoms in total. The second-order valence-electron chi connectivity index (χ2n) is 5.63. The number of amides is 1. The van der Waals surface area contributed by atoms with Crippen LogP contribution in [0.2, 0.25) is 0 Å². The molecular weight excluding hydrogens is 336 g/mol. The van der Waals surface area contributed by atoms with Gasteiger partial charge in [0.15, 0.2) is 10.8 Å². The van der Waals surface area contributed by atoms with Gasteiger partial charge in [-0.2, -0.15) is 5.10 Å². The fourth-order valence-corrected chi connectivity index (χ4v) is 3.33. The first-order valence-electron chi connectivity index (χ1n) is 8.08. The number of anilines is 1. The highest BCUT2D eigenvalue weighted by atomic mass is 32.1. The maximum atomic E-state index is 12.3. The van der Waals surface area contributed by atoms with Crippen molar-refractivity contribution in [2.75, 3.05) is 12.4 Å². The molecule has 2 heterocycles. The standard InChI is InChI=1S/C18H20N4O2S/c1-4-5-13-10-15(22-21-13)17(23)20-18-19-16(11(2)25-18)12-6-8-14(24-3)9-7-12/h6-10H,4-5H2,1-3H3,(H,21,22)(H,19,20,23). The lowest BCUT2D eigenvalue weighted by Gasteiger charge is -2.01. The Morgan fingerprint density at radius 1 is 1.32 bits per heavy atom. The van der Waals surface area contributed by atoms with Gasteiger partial charge in [0.1, 0.15) is 5.75 Å². The summed E-state index contributed by atoms with van der Waals surface area (Å²) in [6.45, 7) is 4.07. The summed E-state index contributed by atoms with van der Waals surface area (Å²) in [7, 11) is 1.64. The summed E-state index contributed by atoms with van der Waals surface area (Å²) in [4.78, 5) is 17.9. The van der Waals surface area contributed by atoms with E-state index in [1.165, 1.54) is 11.3 Å². The van der Waals surface area contributed by atoms with Gasteiger partial charge in [0, 0.05) is 16.1 Å². The summed E-state index contributed by atoms with van der Waals surface area (Å²) >= 11 is 1.45. The smallest absolute Gasteiger partial charge is 0.277 e. The molecule has 0 radical (unpaired) electrons. The summed E-state index contributed by atoms with van der Waals surface area (Å²) in [6.07, 6.45) is 1.87. The van der Waals surface area contributed by atoms with Gasteiger partial charge in [0.05, 0.1) is 12.8 Å². The molecule has 0 bridgehead atoms. The van der Waals surface area contributed by atoms with E-state index < -0.39 is 0 Å². The first kappa shape index (κ1) is 17.2. The number of rotatable bonds is 6. The molecule has 3 rings (SSSR count). The van der Waals surface area contributed by atoms with E-state index in [-0.39, 0.29) is 5.91 Å². The number of nitrogens with one attached hydrogen (secondary N) is 2. The van der Waals surface area contributed by atoms with Gasteiger partial charge in [0.2, 0.25) is 0 Å². The van der Waals surface area contributed by atoms with Crippen LogP contribution < -0.4 is 10.1 Å². The van der Waals surface area contributed by atoms with E-state index in [2.05, 4.69) is 27.4 Å². The number of H-pyrrole nitrogens is 1. The molecule has 0 saturated heterocycles.